The highest BCUT2D eigenvalue weighted by molar-refractivity contribution is 9.10. The first-order chi connectivity index (χ1) is 15.5. The maximum absolute atomic E-state index is 12.2. The number of benzene rings is 2. The van der Waals surface area contributed by atoms with Gasteiger partial charge in [0.2, 0.25) is 0 Å². The lowest BCUT2D eigenvalue weighted by Crippen LogP contribution is -2.38. The average Bonchev–Trinajstić information content (AvgIpc) is 2.80. The van der Waals surface area contributed by atoms with E-state index >= 15 is 0 Å². The van der Waals surface area contributed by atoms with Crippen LogP contribution in [0.1, 0.15) is 36.8 Å². The lowest BCUT2D eigenvalue weighted by Gasteiger charge is -2.31. The number of para-hydroxylation sites is 1. The Kier molecular flexibility index (Phi) is 9.56. The van der Waals surface area contributed by atoms with Crippen LogP contribution in [0.4, 0.5) is 10.5 Å². The van der Waals surface area contributed by atoms with Crippen LogP contribution in [0.3, 0.4) is 0 Å². The van der Waals surface area contributed by atoms with Crippen LogP contribution in [0.5, 0.6) is 0 Å². The molecule has 1 heterocycles. The number of aryl methyl sites for hydroxylation is 1. The number of nitrogens with one attached hydrogen (secondary N) is 1. The van der Waals surface area contributed by atoms with Gasteiger partial charge >= 0.3 is 12.1 Å². The van der Waals surface area contributed by atoms with E-state index in [-0.39, 0.29) is 12.1 Å². The van der Waals surface area contributed by atoms with Crippen molar-refractivity contribution in [3.05, 3.63) is 64.1 Å². The minimum Gasteiger partial charge on any atom is -0.469 e. The minimum absolute atomic E-state index is 0.0303. The molecule has 0 spiro atoms. The number of ether oxygens (including phenoxy) is 2. The fraction of sp³-hybridized carbons (Fsp3) is 0.440. The molecular weight excluding hydrogens is 472 g/mol. The predicted molar refractivity (Wildman–Crippen MR) is 129 cm³/mol. The highest BCUT2D eigenvalue weighted by Crippen LogP contribution is 2.22. The first-order valence-electron chi connectivity index (χ1n) is 11.1. The normalized spacial score (nSPS) is 14.7. The van der Waals surface area contributed by atoms with E-state index < -0.39 is 6.09 Å². The van der Waals surface area contributed by atoms with Crippen LogP contribution >= 0.6 is 15.9 Å². The molecule has 6 nitrogen and oxygen atoms in total. The Labute approximate surface area is 198 Å². The van der Waals surface area contributed by atoms with Crippen LogP contribution in [-0.2, 0) is 27.1 Å². The SMILES string of the molecule is COC(=O)Cc1ccc(CCCCN2CCC(OC(=O)Nc3ccccc3Br)CC2)cc1. The van der Waals surface area contributed by atoms with E-state index in [2.05, 4.69) is 38.3 Å². The van der Waals surface area contributed by atoms with Crippen molar-refractivity contribution in [2.24, 2.45) is 0 Å². The molecule has 1 saturated heterocycles. The molecule has 7 heteroatoms. The number of rotatable bonds is 9. The molecule has 1 aliphatic heterocycles. The van der Waals surface area contributed by atoms with Gasteiger partial charge in [-0.2, -0.15) is 0 Å². The number of hydrogen-bond donors (Lipinski definition) is 1. The van der Waals surface area contributed by atoms with Crippen LogP contribution in [0.25, 0.3) is 0 Å². The van der Waals surface area contributed by atoms with Crippen molar-refractivity contribution in [2.45, 2.75) is 44.6 Å². The van der Waals surface area contributed by atoms with Crippen molar-refractivity contribution in [3.8, 4) is 0 Å². The summed E-state index contributed by atoms with van der Waals surface area (Å²) in [6.45, 7) is 2.97. The summed E-state index contributed by atoms with van der Waals surface area (Å²) in [5.41, 5.74) is 2.99. The Balaban J connectivity index is 1.29. The zero-order valence-electron chi connectivity index (χ0n) is 18.5. The number of hydrogen-bond acceptors (Lipinski definition) is 5. The summed E-state index contributed by atoms with van der Waals surface area (Å²) in [4.78, 5) is 25.9. The molecule has 1 N–H and O–H groups in total. The molecule has 0 atom stereocenters. The van der Waals surface area contributed by atoms with Crippen molar-refractivity contribution >= 4 is 33.7 Å². The highest BCUT2D eigenvalue weighted by Gasteiger charge is 2.22. The second-order valence-corrected chi connectivity index (χ2v) is 8.93. The Bertz CT molecular complexity index is 880. The number of nitrogens with zero attached hydrogens (tertiary/aromatic N) is 1. The molecular formula is C25H31BrN2O4. The summed E-state index contributed by atoms with van der Waals surface area (Å²) in [6, 6.07) is 15.7. The number of likely N-dealkylation sites (tertiary alicyclic amines) is 1. The van der Waals surface area contributed by atoms with Gasteiger partial charge in [-0.3, -0.25) is 10.1 Å². The van der Waals surface area contributed by atoms with Gasteiger partial charge in [-0.05, 0) is 77.8 Å². The van der Waals surface area contributed by atoms with Crippen LogP contribution in [0, 0.1) is 0 Å². The molecule has 3 rings (SSSR count). The predicted octanol–water partition coefficient (Wildman–Crippen LogP) is 5.20. The molecule has 1 fully saturated rings. The van der Waals surface area contributed by atoms with Crippen LogP contribution in [0.15, 0.2) is 53.0 Å². The lowest BCUT2D eigenvalue weighted by atomic mass is 10.0. The third kappa shape index (κ3) is 7.95. The van der Waals surface area contributed by atoms with Gasteiger partial charge in [0.15, 0.2) is 0 Å². The summed E-state index contributed by atoms with van der Waals surface area (Å²) in [5, 5.41) is 2.80. The number of unbranched alkanes of at least 4 members (excludes halogenated alkanes) is 1. The second kappa shape index (κ2) is 12.6. The summed E-state index contributed by atoms with van der Waals surface area (Å²) in [5.74, 6) is -0.211. The smallest absolute Gasteiger partial charge is 0.411 e. The maximum atomic E-state index is 12.2. The molecule has 1 amide bonds. The van der Waals surface area contributed by atoms with E-state index in [9.17, 15) is 9.59 Å². The van der Waals surface area contributed by atoms with Gasteiger partial charge in [0.25, 0.3) is 0 Å². The molecule has 0 aromatic heterocycles. The molecule has 0 aliphatic carbocycles. The third-order valence-corrected chi connectivity index (χ3v) is 6.40. The Hall–Kier alpha value is -2.38. The van der Waals surface area contributed by atoms with Gasteiger partial charge in [-0.15, -0.1) is 0 Å². The van der Waals surface area contributed by atoms with E-state index in [1.165, 1.54) is 12.7 Å². The zero-order valence-corrected chi connectivity index (χ0v) is 20.1. The fourth-order valence-corrected chi connectivity index (χ4v) is 4.22. The van der Waals surface area contributed by atoms with Gasteiger partial charge in [0, 0.05) is 17.6 Å². The minimum atomic E-state index is -0.395. The molecule has 172 valence electrons. The molecule has 0 saturated carbocycles. The van der Waals surface area contributed by atoms with E-state index in [0.717, 1.165) is 61.8 Å². The van der Waals surface area contributed by atoms with Crippen LogP contribution in [-0.4, -0.2) is 49.8 Å². The van der Waals surface area contributed by atoms with Crippen molar-refractivity contribution in [3.63, 3.8) is 0 Å². The van der Waals surface area contributed by atoms with E-state index in [1.54, 1.807) is 0 Å². The Morgan fingerprint density at radius 1 is 1.03 bits per heavy atom. The van der Waals surface area contributed by atoms with Crippen molar-refractivity contribution in [1.82, 2.24) is 4.90 Å². The Morgan fingerprint density at radius 2 is 1.72 bits per heavy atom. The first kappa shape index (κ1) is 24.3. The molecule has 2 aromatic rings. The molecule has 32 heavy (non-hydrogen) atoms. The number of piperidine rings is 1. The summed E-state index contributed by atoms with van der Waals surface area (Å²) >= 11 is 3.42. The Morgan fingerprint density at radius 3 is 2.41 bits per heavy atom. The van der Waals surface area contributed by atoms with Gasteiger partial charge in [0.05, 0.1) is 19.2 Å². The zero-order chi connectivity index (χ0) is 22.8. The molecule has 2 aromatic carbocycles. The number of halogens is 1. The molecule has 0 radical (unpaired) electrons. The highest BCUT2D eigenvalue weighted by atomic mass is 79.9. The van der Waals surface area contributed by atoms with Crippen LogP contribution < -0.4 is 5.32 Å². The van der Waals surface area contributed by atoms with Gasteiger partial charge in [-0.25, -0.2) is 4.79 Å². The van der Waals surface area contributed by atoms with Gasteiger partial charge in [-0.1, -0.05) is 36.4 Å². The van der Waals surface area contributed by atoms with E-state index in [4.69, 9.17) is 9.47 Å². The average molecular weight is 503 g/mol. The van der Waals surface area contributed by atoms with Crippen molar-refractivity contribution < 1.29 is 19.1 Å². The number of carbonyl (C=O) groups excluding carboxylic acids is 2. The van der Waals surface area contributed by atoms with E-state index in [0.29, 0.717) is 12.1 Å². The fourth-order valence-electron chi connectivity index (χ4n) is 3.83. The first-order valence-corrected chi connectivity index (χ1v) is 11.9. The third-order valence-electron chi connectivity index (χ3n) is 5.71. The summed E-state index contributed by atoms with van der Waals surface area (Å²) in [6.07, 6.45) is 4.93. The number of esters is 1. The maximum Gasteiger partial charge on any atom is 0.411 e. The van der Waals surface area contributed by atoms with E-state index in [1.807, 2.05) is 36.4 Å². The molecule has 1 aliphatic rings. The van der Waals surface area contributed by atoms with Gasteiger partial charge < -0.3 is 14.4 Å². The topological polar surface area (TPSA) is 67.9 Å². The quantitative estimate of drug-likeness (QED) is 0.377. The second-order valence-electron chi connectivity index (χ2n) is 8.08. The summed E-state index contributed by atoms with van der Waals surface area (Å²) < 4.78 is 11.1. The molecule has 0 unspecified atom stereocenters. The number of amides is 1. The summed E-state index contributed by atoms with van der Waals surface area (Å²) in [7, 11) is 1.41. The lowest BCUT2D eigenvalue weighted by molar-refractivity contribution is -0.139. The monoisotopic (exact) mass is 502 g/mol. The van der Waals surface area contributed by atoms with Crippen molar-refractivity contribution in [2.75, 3.05) is 32.1 Å². The number of methoxy groups -OCH3 is 1. The molecule has 0 bridgehead atoms. The number of anilines is 1. The van der Waals surface area contributed by atoms with Crippen molar-refractivity contribution in [1.29, 1.82) is 0 Å². The number of carbonyl (C=O) groups is 2. The standard InChI is InChI=1S/C25H31BrN2O4/c1-31-24(29)18-20-11-9-19(10-12-20)6-4-5-15-28-16-13-21(14-17-28)32-25(30)27-23-8-3-2-7-22(23)26/h2-3,7-12,21H,4-6,13-18H2,1H3,(H,27,30). The van der Waals surface area contributed by atoms with Crippen LogP contribution in [0.2, 0.25) is 0 Å². The van der Waals surface area contributed by atoms with Gasteiger partial charge in [0.1, 0.15) is 6.10 Å². The largest absolute Gasteiger partial charge is 0.469 e.